The quantitative estimate of drug-likeness (QED) is 0.722. The fourth-order valence-electron chi connectivity index (χ4n) is 6.28. The molecule has 1 heteroatoms. The largest absolute Gasteiger partial charge is 0.393 e. The molecule has 0 radical (unpaired) electrons. The van der Waals surface area contributed by atoms with Crippen LogP contribution in [0.3, 0.4) is 0 Å². The molecule has 2 fully saturated rings. The average Bonchev–Trinajstić information content (AvgIpc) is 2.44. The van der Waals surface area contributed by atoms with Gasteiger partial charge in [-0.3, -0.25) is 0 Å². The second kappa shape index (κ2) is 4.98. The maximum absolute atomic E-state index is 10.5. The summed E-state index contributed by atoms with van der Waals surface area (Å²) in [5.41, 5.74) is 1.95. The van der Waals surface area contributed by atoms with Gasteiger partial charge in [-0.15, -0.1) is 0 Å². The van der Waals surface area contributed by atoms with Gasteiger partial charge < -0.3 is 5.11 Å². The van der Waals surface area contributed by atoms with Crippen LogP contribution < -0.4 is 0 Å². The van der Waals surface area contributed by atoms with Gasteiger partial charge in [0.1, 0.15) is 0 Å². The van der Waals surface area contributed by atoms with Gasteiger partial charge in [0, 0.05) is 0 Å². The molecule has 0 saturated heterocycles. The number of aliphatic hydroxyl groups is 1. The summed E-state index contributed by atoms with van der Waals surface area (Å²) in [7, 11) is 0. The molecule has 0 amide bonds. The summed E-state index contributed by atoms with van der Waals surface area (Å²) >= 11 is 0. The van der Waals surface area contributed by atoms with E-state index in [9.17, 15) is 5.11 Å². The zero-order valence-corrected chi connectivity index (χ0v) is 14.2. The van der Waals surface area contributed by atoms with E-state index in [1.807, 2.05) is 0 Å². The number of hydrogen-bond donors (Lipinski definition) is 1. The Labute approximate surface area is 130 Å². The van der Waals surface area contributed by atoms with Gasteiger partial charge in [0.25, 0.3) is 0 Å². The fourth-order valence-corrected chi connectivity index (χ4v) is 6.28. The smallest absolute Gasteiger partial charge is 0.0594 e. The first-order valence-corrected chi connectivity index (χ1v) is 8.83. The van der Waals surface area contributed by atoms with Crippen LogP contribution in [-0.4, -0.2) is 11.2 Å². The predicted octanol–water partition coefficient (Wildman–Crippen LogP) is 4.97. The Kier molecular flexibility index (Phi) is 3.64. The highest BCUT2D eigenvalue weighted by molar-refractivity contribution is 5.25. The highest BCUT2D eigenvalue weighted by atomic mass is 16.3. The Bertz CT molecular complexity index is 460. The van der Waals surface area contributed by atoms with E-state index < -0.39 is 0 Å². The van der Waals surface area contributed by atoms with E-state index in [1.54, 1.807) is 0 Å². The second-order valence-electron chi connectivity index (χ2n) is 8.71. The van der Waals surface area contributed by atoms with Crippen LogP contribution in [0.2, 0.25) is 0 Å². The van der Waals surface area contributed by atoms with Crippen molar-refractivity contribution in [3.05, 3.63) is 24.3 Å². The first-order valence-electron chi connectivity index (χ1n) is 8.83. The third kappa shape index (κ3) is 2.07. The van der Waals surface area contributed by atoms with Crippen molar-refractivity contribution in [2.24, 2.45) is 34.5 Å². The van der Waals surface area contributed by atoms with Crippen LogP contribution in [0.25, 0.3) is 0 Å². The topological polar surface area (TPSA) is 20.2 Å². The van der Waals surface area contributed by atoms with E-state index in [2.05, 4.69) is 46.4 Å². The Morgan fingerprint density at radius 3 is 2.62 bits per heavy atom. The summed E-state index contributed by atoms with van der Waals surface area (Å²) in [5.74, 6) is 2.94. The number of fused-ring (bicyclic) bond motifs is 3. The Morgan fingerprint density at radius 2 is 1.95 bits per heavy atom. The Balaban J connectivity index is 1.96. The van der Waals surface area contributed by atoms with Crippen LogP contribution >= 0.6 is 0 Å². The second-order valence-corrected chi connectivity index (χ2v) is 8.71. The van der Waals surface area contributed by atoms with E-state index in [4.69, 9.17) is 0 Å². The molecule has 1 N–H and O–H groups in total. The minimum atomic E-state index is -0.118. The van der Waals surface area contributed by atoms with Crippen molar-refractivity contribution in [2.75, 3.05) is 0 Å². The maximum atomic E-state index is 10.5. The number of allylic oxidation sites excluding steroid dienone is 3. The third-order valence-corrected chi connectivity index (χ3v) is 7.67. The summed E-state index contributed by atoms with van der Waals surface area (Å²) in [4.78, 5) is 0. The van der Waals surface area contributed by atoms with E-state index >= 15 is 0 Å². The van der Waals surface area contributed by atoms with Crippen molar-refractivity contribution in [1.29, 1.82) is 0 Å². The lowest BCUT2D eigenvalue weighted by Gasteiger charge is -2.62. The van der Waals surface area contributed by atoms with E-state index in [0.29, 0.717) is 17.3 Å². The van der Waals surface area contributed by atoms with Crippen LogP contribution in [0.1, 0.15) is 59.8 Å². The molecule has 1 unspecified atom stereocenters. The van der Waals surface area contributed by atoms with Crippen LogP contribution in [-0.2, 0) is 0 Å². The van der Waals surface area contributed by atoms with Crippen molar-refractivity contribution in [1.82, 2.24) is 0 Å². The van der Waals surface area contributed by atoms with E-state index in [-0.39, 0.29) is 11.5 Å². The summed E-state index contributed by atoms with van der Waals surface area (Å²) in [6, 6.07) is 0. The van der Waals surface area contributed by atoms with Crippen LogP contribution in [0, 0.1) is 34.5 Å². The number of rotatable bonds is 1. The van der Waals surface area contributed by atoms with Crippen LogP contribution in [0.4, 0.5) is 0 Å². The van der Waals surface area contributed by atoms with Gasteiger partial charge in [-0.2, -0.15) is 0 Å². The zero-order valence-electron chi connectivity index (χ0n) is 14.2. The molecule has 118 valence electrons. The lowest BCUT2D eigenvalue weighted by Crippen LogP contribution is -2.57. The molecule has 0 aromatic heterocycles. The molecule has 0 aliphatic heterocycles. The minimum absolute atomic E-state index is 0.0731. The monoisotopic (exact) mass is 288 g/mol. The van der Waals surface area contributed by atoms with Crippen molar-refractivity contribution in [2.45, 2.75) is 65.9 Å². The summed E-state index contributed by atoms with van der Waals surface area (Å²) in [6.45, 7) is 13.5. The Morgan fingerprint density at radius 1 is 1.24 bits per heavy atom. The van der Waals surface area contributed by atoms with Gasteiger partial charge in [0.15, 0.2) is 0 Å². The van der Waals surface area contributed by atoms with Crippen molar-refractivity contribution >= 4 is 0 Å². The molecule has 3 rings (SSSR count). The molecule has 0 aromatic carbocycles. The van der Waals surface area contributed by atoms with Crippen LogP contribution in [0.15, 0.2) is 24.3 Å². The molecule has 6 atom stereocenters. The molecule has 0 heterocycles. The van der Waals surface area contributed by atoms with Crippen molar-refractivity contribution < 1.29 is 5.11 Å². The SMILES string of the molecule is C=CC1=CC[C@@H]2[C@H](CCC3C(C)(C)[C@H](O)CC[C@]32C)[C@@H]1C. The molecule has 0 aromatic rings. The molecular formula is C20H32O. The van der Waals surface area contributed by atoms with Crippen molar-refractivity contribution in [3.8, 4) is 0 Å². The first kappa shape index (κ1) is 15.3. The summed E-state index contributed by atoms with van der Waals surface area (Å²) in [5, 5.41) is 10.5. The predicted molar refractivity (Wildman–Crippen MR) is 88.9 cm³/mol. The van der Waals surface area contributed by atoms with Gasteiger partial charge in [0.05, 0.1) is 6.10 Å². The molecule has 2 saturated carbocycles. The lowest BCUT2D eigenvalue weighted by molar-refractivity contribution is -0.155. The molecular weight excluding hydrogens is 256 g/mol. The van der Waals surface area contributed by atoms with Gasteiger partial charge in [0.2, 0.25) is 0 Å². The fraction of sp³-hybridized carbons (Fsp3) is 0.800. The normalized spacial score (nSPS) is 48.8. The maximum Gasteiger partial charge on any atom is 0.0594 e. The minimum Gasteiger partial charge on any atom is -0.393 e. The molecule has 1 nitrogen and oxygen atoms in total. The lowest BCUT2D eigenvalue weighted by atomic mass is 9.43. The first-order chi connectivity index (χ1) is 9.82. The molecule has 3 aliphatic carbocycles. The Hall–Kier alpha value is -0.560. The zero-order chi connectivity index (χ0) is 15.4. The van der Waals surface area contributed by atoms with Crippen LogP contribution in [0.5, 0.6) is 0 Å². The van der Waals surface area contributed by atoms with E-state index in [0.717, 1.165) is 18.3 Å². The van der Waals surface area contributed by atoms with Gasteiger partial charge >= 0.3 is 0 Å². The third-order valence-electron chi connectivity index (χ3n) is 7.67. The molecule has 0 spiro atoms. The molecule has 0 bridgehead atoms. The molecule has 21 heavy (non-hydrogen) atoms. The van der Waals surface area contributed by atoms with Gasteiger partial charge in [-0.25, -0.2) is 0 Å². The molecule has 3 aliphatic rings. The highest BCUT2D eigenvalue weighted by Gasteiger charge is 2.58. The average molecular weight is 288 g/mol. The highest BCUT2D eigenvalue weighted by Crippen LogP contribution is 2.64. The summed E-state index contributed by atoms with van der Waals surface area (Å²) in [6.07, 6.45) is 10.4. The van der Waals surface area contributed by atoms with Gasteiger partial charge in [-0.05, 0) is 72.2 Å². The van der Waals surface area contributed by atoms with Crippen molar-refractivity contribution in [3.63, 3.8) is 0 Å². The van der Waals surface area contributed by atoms with Gasteiger partial charge in [-0.1, -0.05) is 46.4 Å². The summed E-state index contributed by atoms with van der Waals surface area (Å²) < 4.78 is 0. The standard InChI is InChI=1S/C20H32O/c1-6-14-7-9-16-15(13(14)2)8-10-17-19(3,4)18(21)11-12-20(16,17)5/h6-7,13,15-18,21H,1,8-12H2,2-5H3/t13-,15-,16-,17?,18-,20+/m1/s1. The number of hydrogen-bond acceptors (Lipinski definition) is 1. The van der Waals surface area contributed by atoms with E-state index in [1.165, 1.54) is 31.3 Å². The number of aliphatic hydroxyl groups excluding tert-OH is 1.